The molecule has 0 radical (unpaired) electrons. The molecule has 0 amide bonds. The zero-order valence-electron chi connectivity index (χ0n) is 8.87. The zero-order chi connectivity index (χ0) is 11.4. The van der Waals surface area contributed by atoms with E-state index in [-0.39, 0.29) is 12.1 Å². The summed E-state index contributed by atoms with van der Waals surface area (Å²) in [5, 5.41) is 9.76. The smallest absolute Gasteiger partial charge is 0.306 e. The van der Waals surface area contributed by atoms with Crippen molar-refractivity contribution >= 4 is 12.0 Å². The van der Waals surface area contributed by atoms with E-state index in [2.05, 4.69) is 0 Å². The van der Waals surface area contributed by atoms with Gasteiger partial charge in [-0.2, -0.15) is 0 Å². The Kier molecular flexibility index (Phi) is 3.37. The second-order valence-electron chi connectivity index (χ2n) is 3.83. The minimum atomic E-state index is -0.716. The summed E-state index contributed by atoms with van der Waals surface area (Å²) >= 11 is 0. The minimum Gasteiger partial charge on any atom is -0.459 e. The highest BCUT2D eigenvalue weighted by molar-refractivity contribution is 5.71. The van der Waals surface area contributed by atoms with Crippen LogP contribution in [0.3, 0.4) is 0 Å². The van der Waals surface area contributed by atoms with Crippen LogP contribution in [0, 0.1) is 0 Å². The summed E-state index contributed by atoms with van der Waals surface area (Å²) in [6.45, 7) is 0. The van der Waals surface area contributed by atoms with Gasteiger partial charge in [0.1, 0.15) is 12.2 Å². The van der Waals surface area contributed by atoms with E-state index in [0.29, 0.717) is 12.8 Å². The highest BCUT2D eigenvalue weighted by atomic mass is 16.6. The summed E-state index contributed by atoms with van der Waals surface area (Å²) in [6.07, 6.45) is 3.40. The molecule has 1 aliphatic rings. The number of cyclic esters (lactones) is 1. The third kappa shape index (κ3) is 2.70. The SMILES string of the molecule is O=C1CC[C@H]([C@H](O)/C=C/c2ccccc2)O1. The van der Waals surface area contributed by atoms with Gasteiger partial charge in [0.2, 0.25) is 0 Å². The van der Waals surface area contributed by atoms with Crippen molar-refractivity contribution in [2.24, 2.45) is 0 Å². The summed E-state index contributed by atoms with van der Waals surface area (Å²) < 4.78 is 4.97. The fraction of sp³-hybridized carbons (Fsp3) is 0.308. The highest BCUT2D eigenvalue weighted by Gasteiger charge is 2.28. The summed E-state index contributed by atoms with van der Waals surface area (Å²) in [5.41, 5.74) is 1.02. The lowest BCUT2D eigenvalue weighted by molar-refractivity contribution is -0.144. The second kappa shape index (κ2) is 4.94. The lowest BCUT2D eigenvalue weighted by Crippen LogP contribution is -2.23. The minimum absolute atomic E-state index is 0.225. The largest absolute Gasteiger partial charge is 0.459 e. The van der Waals surface area contributed by atoms with Gasteiger partial charge in [-0.25, -0.2) is 0 Å². The Balaban J connectivity index is 1.94. The topological polar surface area (TPSA) is 46.5 Å². The molecule has 0 aliphatic carbocycles. The van der Waals surface area contributed by atoms with Crippen LogP contribution in [0.15, 0.2) is 36.4 Å². The van der Waals surface area contributed by atoms with Crippen LogP contribution in [-0.2, 0) is 9.53 Å². The van der Waals surface area contributed by atoms with Gasteiger partial charge in [0.15, 0.2) is 0 Å². The van der Waals surface area contributed by atoms with Crippen LogP contribution in [0.5, 0.6) is 0 Å². The highest BCUT2D eigenvalue weighted by Crippen LogP contribution is 2.18. The molecule has 1 aliphatic heterocycles. The summed E-state index contributed by atoms with van der Waals surface area (Å²) in [4.78, 5) is 10.9. The first-order valence-electron chi connectivity index (χ1n) is 5.36. The van der Waals surface area contributed by atoms with E-state index in [0.717, 1.165) is 5.56 Å². The van der Waals surface area contributed by atoms with Crippen molar-refractivity contribution < 1.29 is 14.6 Å². The van der Waals surface area contributed by atoms with Crippen molar-refractivity contribution in [1.29, 1.82) is 0 Å². The van der Waals surface area contributed by atoms with Crippen LogP contribution in [0.4, 0.5) is 0 Å². The number of hydrogen-bond donors (Lipinski definition) is 1. The van der Waals surface area contributed by atoms with E-state index in [9.17, 15) is 9.90 Å². The van der Waals surface area contributed by atoms with Crippen molar-refractivity contribution in [3.63, 3.8) is 0 Å². The van der Waals surface area contributed by atoms with Crippen LogP contribution >= 0.6 is 0 Å². The summed E-state index contributed by atoms with van der Waals surface area (Å²) in [5.74, 6) is -0.225. The number of aliphatic hydroxyl groups is 1. The molecule has 3 heteroatoms. The van der Waals surface area contributed by atoms with Gasteiger partial charge in [0.05, 0.1) is 0 Å². The molecule has 1 saturated heterocycles. The molecule has 84 valence electrons. The van der Waals surface area contributed by atoms with Crippen molar-refractivity contribution in [2.75, 3.05) is 0 Å². The fourth-order valence-electron chi connectivity index (χ4n) is 1.69. The molecule has 0 bridgehead atoms. The summed E-state index contributed by atoms with van der Waals surface area (Å²) in [6, 6.07) is 9.70. The molecule has 0 aromatic heterocycles. The molecule has 16 heavy (non-hydrogen) atoms. The van der Waals surface area contributed by atoms with Crippen LogP contribution in [0.25, 0.3) is 6.08 Å². The number of carbonyl (C=O) groups excluding carboxylic acids is 1. The Hall–Kier alpha value is -1.61. The molecule has 0 spiro atoms. The van der Waals surface area contributed by atoms with Gasteiger partial charge < -0.3 is 9.84 Å². The monoisotopic (exact) mass is 218 g/mol. The lowest BCUT2D eigenvalue weighted by atomic mass is 10.1. The Morgan fingerprint density at radius 3 is 2.75 bits per heavy atom. The lowest BCUT2D eigenvalue weighted by Gasteiger charge is -2.12. The molecule has 2 atom stereocenters. The standard InChI is InChI=1S/C13H14O3/c14-11(12-8-9-13(15)16-12)7-6-10-4-2-1-3-5-10/h1-7,11-12,14H,8-9H2/b7-6+/t11-,12-/m1/s1. The Labute approximate surface area is 94.4 Å². The maximum absolute atomic E-state index is 10.9. The van der Waals surface area contributed by atoms with Crippen molar-refractivity contribution in [1.82, 2.24) is 0 Å². The summed E-state index contributed by atoms with van der Waals surface area (Å²) in [7, 11) is 0. The Bertz CT molecular complexity index is 383. The number of hydrogen-bond acceptors (Lipinski definition) is 3. The van der Waals surface area contributed by atoms with Crippen LogP contribution < -0.4 is 0 Å². The Morgan fingerprint density at radius 1 is 1.38 bits per heavy atom. The van der Waals surface area contributed by atoms with Gasteiger partial charge in [-0.05, 0) is 12.0 Å². The fourth-order valence-corrected chi connectivity index (χ4v) is 1.69. The molecular formula is C13H14O3. The van der Waals surface area contributed by atoms with Crippen molar-refractivity contribution in [3.8, 4) is 0 Å². The number of ether oxygens (including phenoxy) is 1. The van der Waals surface area contributed by atoms with Gasteiger partial charge in [-0.1, -0.05) is 42.5 Å². The maximum atomic E-state index is 10.9. The van der Waals surface area contributed by atoms with Gasteiger partial charge >= 0.3 is 5.97 Å². The predicted octanol–water partition coefficient (Wildman–Crippen LogP) is 1.77. The maximum Gasteiger partial charge on any atom is 0.306 e. The average molecular weight is 218 g/mol. The molecule has 1 aromatic carbocycles. The molecule has 1 heterocycles. The van der Waals surface area contributed by atoms with Gasteiger partial charge in [-0.3, -0.25) is 4.79 Å². The Morgan fingerprint density at radius 2 is 2.12 bits per heavy atom. The number of benzene rings is 1. The van der Waals surface area contributed by atoms with Gasteiger partial charge in [-0.15, -0.1) is 0 Å². The molecule has 0 saturated carbocycles. The predicted molar refractivity (Wildman–Crippen MR) is 60.6 cm³/mol. The van der Waals surface area contributed by atoms with Crippen LogP contribution in [-0.4, -0.2) is 23.3 Å². The van der Waals surface area contributed by atoms with Crippen molar-refractivity contribution in [2.45, 2.75) is 25.0 Å². The molecular weight excluding hydrogens is 204 g/mol. The second-order valence-corrected chi connectivity index (χ2v) is 3.83. The quantitative estimate of drug-likeness (QED) is 0.786. The normalized spacial score (nSPS) is 22.3. The molecule has 1 N–H and O–H groups in total. The van der Waals surface area contributed by atoms with Crippen LogP contribution in [0.2, 0.25) is 0 Å². The molecule has 1 fully saturated rings. The number of aliphatic hydroxyl groups excluding tert-OH is 1. The van der Waals surface area contributed by atoms with E-state index < -0.39 is 6.10 Å². The number of esters is 1. The first kappa shape index (κ1) is 10.9. The van der Waals surface area contributed by atoms with Crippen molar-refractivity contribution in [3.05, 3.63) is 42.0 Å². The van der Waals surface area contributed by atoms with Gasteiger partial charge in [0, 0.05) is 6.42 Å². The third-order valence-corrected chi connectivity index (χ3v) is 2.58. The first-order valence-corrected chi connectivity index (χ1v) is 5.36. The number of rotatable bonds is 3. The van der Waals surface area contributed by atoms with E-state index >= 15 is 0 Å². The van der Waals surface area contributed by atoms with E-state index in [4.69, 9.17) is 4.74 Å². The van der Waals surface area contributed by atoms with Crippen LogP contribution in [0.1, 0.15) is 18.4 Å². The molecule has 3 nitrogen and oxygen atoms in total. The van der Waals surface area contributed by atoms with Gasteiger partial charge in [0.25, 0.3) is 0 Å². The average Bonchev–Trinajstić information content (AvgIpc) is 2.74. The number of carbonyl (C=O) groups is 1. The van der Waals surface area contributed by atoms with E-state index in [1.54, 1.807) is 6.08 Å². The molecule has 1 aromatic rings. The third-order valence-electron chi connectivity index (χ3n) is 2.58. The molecule has 2 rings (SSSR count). The van der Waals surface area contributed by atoms with E-state index in [1.807, 2.05) is 36.4 Å². The first-order chi connectivity index (χ1) is 7.75. The van der Waals surface area contributed by atoms with E-state index in [1.165, 1.54) is 0 Å². The molecule has 0 unspecified atom stereocenters. The zero-order valence-corrected chi connectivity index (χ0v) is 8.87.